The van der Waals surface area contributed by atoms with Gasteiger partial charge in [-0.2, -0.15) is 17.7 Å². The molecule has 1 aromatic heterocycles. The van der Waals surface area contributed by atoms with Crippen LogP contribution in [-0.2, 0) is 6.73 Å². The van der Waals surface area contributed by atoms with E-state index < -0.39 is 0 Å². The number of aromatic nitrogens is 2. The second-order valence-electron chi connectivity index (χ2n) is 5.38. The van der Waals surface area contributed by atoms with Gasteiger partial charge in [-0.25, -0.2) is 4.68 Å². The van der Waals surface area contributed by atoms with Crippen LogP contribution in [0, 0.1) is 0 Å². The molecule has 1 amide bonds. The van der Waals surface area contributed by atoms with E-state index in [4.69, 9.17) is 4.74 Å². The lowest BCUT2D eigenvalue weighted by atomic mass is 10.1. The van der Waals surface area contributed by atoms with E-state index in [-0.39, 0.29) is 12.6 Å². The zero-order valence-electron chi connectivity index (χ0n) is 13.6. The molecule has 0 unspecified atom stereocenters. The number of carbonyl (C=O) groups excluding carboxylic acids is 1. The van der Waals surface area contributed by atoms with Gasteiger partial charge in [0.25, 0.3) is 5.91 Å². The second-order valence-corrected chi connectivity index (χ2v) is 5.83. The van der Waals surface area contributed by atoms with E-state index in [1.165, 1.54) is 0 Å². The number of amides is 1. The predicted octanol–water partition coefficient (Wildman–Crippen LogP) is 3.25. The number of hydrogen-bond acceptors (Lipinski definition) is 4. The summed E-state index contributed by atoms with van der Waals surface area (Å²) >= 11 is 4.06. The molecule has 5 nitrogen and oxygen atoms in total. The lowest BCUT2D eigenvalue weighted by Crippen LogP contribution is -2.25. The molecule has 0 atom stereocenters. The molecule has 0 saturated heterocycles. The van der Waals surface area contributed by atoms with Crippen LogP contribution in [0.2, 0.25) is 0 Å². The lowest BCUT2D eigenvalue weighted by Gasteiger charge is -2.07. The Morgan fingerprint density at radius 2 is 1.76 bits per heavy atom. The molecule has 3 aromatic rings. The van der Waals surface area contributed by atoms with E-state index in [1.54, 1.807) is 16.9 Å². The molecule has 2 aromatic carbocycles. The van der Waals surface area contributed by atoms with Gasteiger partial charge in [-0.1, -0.05) is 42.5 Å². The van der Waals surface area contributed by atoms with E-state index in [0.29, 0.717) is 18.0 Å². The van der Waals surface area contributed by atoms with Gasteiger partial charge in [-0.3, -0.25) is 4.79 Å². The molecule has 0 saturated carbocycles. The quantitative estimate of drug-likeness (QED) is 0.641. The van der Waals surface area contributed by atoms with E-state index in [1.807, 2.05) is 42.5 Å². The molecule has 3 rings (SSSR count). The van der Waals surface area contributed by atoms with Crippen molar-refractivity contribution in [2.75, 3.05) is 12.3 Å². The minimum atomic E-state index is -0.208. The fourth-order valence-electron chi connectivity index (χ4n) is 2.33. The molecule has 0 aliphatic rings. The van der Waals surface area contributed by atoms with Crippen LogP contribution >= 0.6 is 12.6 Å². The fourth-order valence-corrected chi connectivity index (χ4v) is 2.44. The fraction of sp³-hybridized carbons (Fsp3) is 0.158. The third kappa shape index (κ3) is 4.64. The summed E-state index contributed by atoms with van der Waals surface area (Å²) in [6.07, 6.45) is 1.72. The van der Waals surface area contributed by atoms with Gasteiger partial charge in [0.2, 0.25) is 0 Å². The maximum absolute atomic E-state index is 11.8. The number of rotatable bonds is 7. The maximum atomic E-state index is 11.8. The number of hydrogen-bond donors (Lipinski definition) is 2. The molecule has 0 fully saturated rings. The van der Waals surface area contributed by atoms with Gasteiger partial charge in [-0.05, 0) is 29.3 Å². The number of ether oxygens (including phenoxy) is 1. The van der Waals surface area contributed by atoms with Crippen LogP contribution < -0.4 is 10.1 Å². The number of nitrogens with zero attached hydrogens (tertiary/aromatic N) is 2. The molecule has 0 radical (unpaired) electrons. The molecule has 0 aliphatic carbocycles. The van der Waals surface area contributed by atoms with E-state index in [9.17, 15) is 4.79 Å². The summed E-state index contributed by atoms with van der Waals surface area (Å²) in [5.74, 6) is 1.13. The summed E-state index contributed by atoms with van der Waals surface area (Å²) in [4.78, 5) is 11.8. The molecule has 6 heteroatoms. The van der Waals surface area contributed by atoms with E-state index >= 15 is 0 Å². The van der Waals surface area contributed by atoms with Gasteiger partial charge in [0.05, 0.1) is 0 Å². The van der Waals surface area contributed by atoms with Crippen molar-refractivity contribution in [1.29, 1.82) is 0 Å². The van der Waals surface area contributed by atoms with Crippen LogP contribution in [0.5, 0.6) is 5.75 Å². The first-order valence-corrected chi connectivity index (χ1v) is 8.60. The first-order valence-electron chi connectivity index (χ1n) is 7.97. The average molecular weight is 353 g/mol. The van der Waals surface area contributed by atoms with E-state index in [2.05, 4.69) is 35.2 Å². The van der Waals surface area contributed by atoms with Crippen LogP contribution in [0.15, 0.2) is 66.9 Å². The number of thiol groups is 1. The summed E-state index contributed by atoms with van der Waals surface area (Å²) in [6.45, 7) is 0.754. The Morgan fingerprint density at radius 3 is 2.48 bits per heavy atom. The molecule has 0 bridgehead atoms. The topological polar surface area (TPSA) is 56.2 Å². The van der Waals surface area contributed by atoms with Gasteiger partial charge < -0.3 is 10.1 Å². The van der Waals surface area contributed by atoms with Crippen molar-refractivity contribution in [3.63, 3.8) is 0 Å². The second kappa shape index (κ2) is 8.39. The number of nitrogens with one attached hydrogen (secondary N) is 1. The van der Waals surface area contributed by atoms with Gasteiger partial charge in [0, 0.05) is 18.5 Å². The Labute approximate surface area is 152 Å². The zero-order valence-corrected chi connectivity index (χ0v) is 14.5. The van der Waals surface area contributed by atoms with Crippen LogP contribution in [0.3, 0.4) is 0 Å². The first-order chi connectivity index (χ1) is 12.3. The van der Waals surface area contributed by atoms with Crippen LogP contribution in [0.25, 0.3) is 11.1 Å². The third-order valence-corrected chi connectivity index (χ3v) is 3.82. The largest absolute Gasteiger partial charge is 0.471 e. The third-order valence-electron chi connectivity index (χ3n) is 3.60. The van der Waals surface area contributed by atoms with Crippen molar-refractivity contribution in [2.24, 2.45) is 0 Å². The van der Waals surface area contributed by atoms with Crippen molar-refractivity contribution in [2.45, 2.75) is 6.73 Å². The Kier molecular flexibility index (Phi) is 5.74. The van der Waals surface area contributed by atoms with E-state index in [0.717, 1.165) is 16.9 Å². The maximum Gasteiger partial charge on any atom is 0.271 e. The Hall–Kier alpha value is -2.73. The highest BCUT2D eigenvalue weighted by Crippen LogP contribution is 2.22. The first kappa shape index (κ1) is 17.1. The molecule has 1 heterocycles. The van der Waals surface area contributed by atoms with Crippen LogP contribution in [-0.4, -0.2) is 28.0 Å². The highest BCUT2D eigenvalue weighted by molar-refractivity contribution is 7.80. The SMILES string of the molecule is O=C(NCCS)c1ccn(COc2ccc(-c3ccccc3)cc2)n1. The number of carbonyl (C=O) groups is 1. The van der Waals surface area contributed by atoms with Gasteiger partial charge in [-0.15, -0.1) is 0 Å². The summed E-state index contributed by atoms with van der Waals surface area (Å²) in [5, 5.41) is 6.92. The van der Waals surface area contributed by atoms with Crippen molar-refractivity contribution in [3.05, 3.63) is 72.6 Å². The number of benzene rings is 2. The molecule has 0 spiro atoms. The van der Waals surface area contributed by atoms with Crippen LogP contribution in [0.1, 0.15) is 10.5 Å². The van der Waals surface area contributed by atoms with Crippen molar-refractivity contribution in [1.82, 2.24) is 15.1 Å². The van der Waals surface area contributed by atoms with Crippen molar-refractivity contribution >= 4 is 18.5 Å². The molecule has 128 valence electrons. The Bertz CT molecular complexity index is 816. The standard InChI is InChI=1S/C19H19N3O2S/c23-19(20-11-13-25)18-10-12-22(21-18)14-24-17-8-6-16(7-9-17)15-4-2-1-3-5-15/h1-10,12,25H,11,13-14H2,(H,20,23). The molecule has 1 N–H and O–H groups in total. The smallest absolute Gasteiger partial charge is 0.271 e. The molecular weight excluding hydrogens is 334 g/mol. The molecule has 25 heavy (non-hydrogen) atoms. The summed E-state index contributed by atoms with van der Waals surface area (Å²) in [5.41, 5.74) is 2.66. The minimum Gasteiger partial charge on any atom is -0.471 e. The summed E-state index contributed by atoms with van der Waals surface area (Å²) in [7, 11) is 0. The van der Waals surface area contributed by atoms with Gasteiger partial charge in [0.15, 0.2) is 6.73 Å². The van der Waals surface area contributed by atoms with Crippen LogP contribution in [0.4, 0.5) is 0 Å². The molecule has 0 aliphatic heterocycles. The Balaban J connectivity index is 1.57. The zero-order chi connectivity index (χ0) is 17.5. The monoisotopic (exact) mass is 353 g/mol. The minimum absolute atomic E-state index is 0.208. The van der Waals surface area contributed by atoms with Gasteiger partial charge in [0.1, 0.15) is 11.4 Å². The lowest BCUT2D eigenvalue weighted by molar-refractivity contribution is 0.0949. The van der Waals surface area contributed by atoms with Crippen molar-refractivity contribution < 1.29 is 9.53 Å². The summed E-state index contributed by atoms with van der Waals surface area (Å²) < 4.78 is 7.30. The Morgan fingerprint density at radius 1 is 1.04 bits per heavy atom. The summed E-state index contributed by atoms with van der Waals surface area (Å²) in [6, 6.07) is 19.7. The highest BCUT2D eigenvalue weighted by Gasteiger charge is 2.08. The van der Waals surface area contributed by atoms with Crippen molar-refractivity contribution in [3.8, 4) is 16.9 Å². The van der Waals surface area contributed by atoms with Gasteiger partial charge >= 0.3 is 0 Å². The predicted molar refractivity (Wildman–Crippen MR) is 101 cm³/mol. The highest BCUT2D eigenvalue weighted by atomic mass is 32.1. The average Bonchev–Trinajstić information content (AvgIpc) is 3.15. The normalized spacial score (nSPS) is 10.4. The molecular formula is C19H19N3O2S.